The van der Waals surface area contributed by atoms with Crippen LogP contribution in [0.5, 0.6) is 0 Å². The Morgan fingerprint density at radius 2 is 2.05 bits per heavy atom. The van der Waals surface area contributed by atoms with Crippen molar-refractivity contribution < 1.29 is 18.0 Å². The average Bonchev–Trinajstić information content (AvgIpc) is 2.34. The van der Waals surface area contributed by atoms with E-state index in [-0.39, 0.29) is 10.4 Å². The van der Waals surface area contributed by atoms with E-state index in [9.17, 15) is 18.0 Å². The van der Waals surface area contributed by atoms with Crippen LogP contribution in [-0.2, 0) is 6.18 Å². The van der Waals surface area contributed by atoms with Crippen LogP contribution >= 0.6 is 31.9 Å². The number of hydrogen-bond donors (Lipinski definition) is 1. The Morgan fingerprint density at radius 3 is 2.58 bits per heavy atom. The van der Waals surface area contributed by atoms with Gasteiger partial charge < -0.3 is 5.32 Å². The van der Waals surface area contributed by atoms with Crippen LogP contribution in [0.4, 0.5) is 13.2 Å². The molecule has 0 saturated heterocycles. The maximum absolute atomic E-state index is 12.6. The van der Waals surface area contributed by atoms with E-state index in [0.717, 1.165) is 18.6 Å². The molecule has 19 heavy (non-hydrogen) atoms. The molecule has 0 bridgehead atoms. The first kappa shape index (κ1) is 16.5. The van der Waals surface area contributed by atoms with Crippen LogP contribution in [0.25, 0.3) is 0 Å². The second-order valence-corrected chi connectivity index (χ2v) is 6.06. The van der Waals surface area contributed by atoms with Gasteiger partial charge in [-0.2, -0.15) is 13.2 Å². The van der Waals surface area contributed by atoms with Gasteiger partial charge in [0.1, 0.15) is 0 Å². The monoisotopic (exact) mass is 401 g/mol. The third-order valence-corrected chi connectivity index (χ3v) is 4.13. The number of alkyl halides is 4. The van der Waals surface area contributed by atoms with E-state index in [1.807, 2.05) is 6.92 Å². The topological polar surface area (TPSA) is 29.1 Å². The van der Waals surface area contributed by atoms with Gasteiger partial charge in [0, 0.05) is 15.8 Å². The van der Waals surface area contributed by atoms with Crippen LogP contribution < -0.4 is 5.32 Å². The zero-order valence-electron chi connectivity index (χ0n) is 10.0. The number of amides is 1. The number of nitrogens with one attached hydrogen (secondary N) is 1. The molecule has 1 amide bonds. The normalized spacial score (nSPS) is 13.2. The highest BCUT2D eigenvalue weighted by Crippen LogP contribution is 2.31. The second-order valence-electron chi connectivity index (χ2n) is 3.91. The molecule has 1 N–H and O–H groups in total. The van der Waals surface area contributed by atoms with E-state index in [1.165, 1.54) is 6.07 Å². The van der Waals surface area contributed by atoms with Crippen molar-refractivity contribution in [2.75, 3.05) is 6.54 Å². The van der Waals surface area contributed by atoms with Crippen LogP contribution in [0, 0.1) is 0 Å². The third-order valence-electron chi connectivity index (χ3n) is 2.47. The van der Waals surface area contributed by atoms with Crippen LogP contribution in [0.1, 0.15) is 29.3 Å². The summed E-state index contributed by atoms with van der Waals surface area (Å²) < 4.78 is 38.1. The highest BCUT2D eigenvalue weighted by Gasteiger charge is 2.31. The van der Waals surface area contributed by atoms with Crippen molar-refractivity contribution in [3.63, 3.8) is 0 Å². The zero-order valence-corrected chi connectivity index (χ0v) is 13.2. The van der Waals surface area contributed by atoms with Gasteiger partial charge in [-0.25, -0.2) is 0 Å². The lowest BCUT2D eigenvalue weighted by atomic mass is 10.1. The largest absolute Gasteiger partial charge is 0.416 e. The van der Waals surface area contributed by atoms with Gasteiger partial charge >= 0.3 is 6.18 Å². The lowest BCUT2D eigenvalue weighted by molar-refractivity contribution is -0.137. The van der Waals surface area contributed by atoms with Crippen molar-refractivity contribution in [2.24, 2.45) is 0 Å². The van der Waals surface area contributed by atoms with Gasteiger partial charge in [0.05, 0.1) is 11.1 Å². The number of carbonyl (C=O) groups excluding carboxylic acids is 1. The van der Waals surface area contributed by atoms with E-state index in [1.54, 1.807) is 0 Å². The Kier molecular flexibility index (Phi) is 5.85. The molecule has 1 atom stereocenters. The molecular formula is C12H12Br2F3NO. The highest BCUT2D eigenvalue weighted by molar-refractivity contribution is 9.10. The average molecular weight is 403 g/mol. The first-order chi connectivity index (χ1) is 8.75. The highest BCUT2D eigenvalue weighted by atomic mass is 79.9. The van der Waals surface area contributed by atoms with Gasteiger partial charge in [-0.1, -0.05) is 22.9 Å². The van der Waals surface area contributed by atoms with Gasteiger partial charge in [0.15, 0.2) is 0 Å². The molecule has 0 aliphatic heterocycles. The molecule has 0 aliphatic rings. The first-order valence-electron chi connectivity index (χ1n) is 5.54. The first-order valence-corrected chi connectivity index (χ1v) is 7.25. The Bertz CT molecular complexity index is 463. The van der Waals surface area contributed by atoms with Crippen molar-refractivity contribution in [3.8, 4) is 0 Å². The molecule has 0 radical (unpaired) electrons. The van der Waals surface area contributed by atoms with Crippen LogP contribution in [0.2, 0.25) is 0 Å². The molecule has 1 rings (SSSR count). The van der Waals surface area contributed by atoms with Crippen molar-refractivity contribution in [1.29, 1.82) is 0 Å². The third kappa shape index (κ3) is 4.80. The Morgan fingerprint density at radius 1 is 1.42 bits per heavy atom. The maximum atomic E-state index is 12.6. The van der Waals surface area contributed by atoms with E-state index >= 15 is 0 Å². The van der Waals surface area contributed by atoms with E-state index in [2.05, 4.69) is 37.2 Å². The molecule has 106 valence electrons. The SMILES string of the molecule is CCC(Br)CNC(=O)c1cc(C(F)(F)F)ccc1Br. The summed E-state index contributed by atoms with van der Waals surface area (Å²) in [6, 6.07) is 3.00. The van der Waals surface area contributed by atoms with Gasteiger partial charge in [0.2, 0.25) is 0 Å². The molecule has 1 aromatic rings. The molecule has 0 aromatic heterocycles. The summed E-state index contributed by atoms with van der Waals surface area (Å²) in [5, 5.41) is 2.59. The summed E-state index contributed by atoms with van der Waals surface area (Å²) in [5.41, 5.74) is -0.864. The maximum Gasteiger partial charge on any atom is 0.416 e. The second kappa shape index (κ2) is 6.74. The van der Waals surface area contributed by atoms with Crippen molar-refractivity contribution >= 4 is 37.8 Å². The lowest BCUT2D eigenvalue weighted by Gasteiger charge is -2.12. The summed E-state index contributed by atoms with van der Waals surface area (Å²) in [6.45, 7) is 2.30. The molecule has 2 nitrogen and oxygen atoms in total. The molecule has 0 aliphatic carbocycles. The van der Waals surface area contributed by atoms with Crippen LogP contribution in [-0.4, -0.2) is 17.3 Å². The smallest absolute Gasteiger partial charge is 0.351 e. The molecule has 1 aromatic carbocycles. The summed E-state index contributed by atoms with van der Waals surface area (Å²) in [7, 11) is 0. The number of rotatable bonds is 4. The van der Waals surface area contributed by atoms with Crippen molar-refractivity contribution in [3.05, 3.63) is 33.8 Å². The summed E-state index contributed by atoms with van der Waals surface area (Å²) in [4.78, 5) is 11.9. The molecule has 7 heteroatoms. The van der Waals surface area contributed by atoms with E-state index in [0.29, 0.717) is 11.0 Å². The molecular weight excluding hydrogens is 391 g/mol. The van der Waals surface area contributed by atoms with Crippen molar-refractivity contribution in [1.82, 2.24) is 5.32 Å². The standard InChI is InChI=1S/C12H12Br2F3NO/c1-2-8(13)6-18-11(19)9-5-7(12(15,16)17)3-4-10(9)14/h3-5,8H,2,6H2,1H3,(H,18,19). The van der Waals surface area contributed by atoms with Crippen molar-refractivity contribution in [2.45, 2.75) is 24.3 Å². The van der Waals surface area contributed by atoms with Gasteiger partial charge in [-0.15, -0.1) is 0 Å². The minimum atomic E-state index is -4.46. The minimum absolute atomic E-state index is 0.0226. The van der Waals surface area contributed by atoms with E-state index in [4.69, 9.17) is 0 Å². The predicted octanol–water partition coefficient (Wildman–Crippen LogP) is 4.37. The van der Waals surface area contributed by atoms with Gasteiger partial charge in [-0.05, 0) is 40.5 Å². The molecule has 1 unspecified atom stereocenters. The van der Waals surface area contributed by atoms with Gasteiger partial charge in [-0.3, -0.25) is 4.79 Å². The Labute approximate surface area is 126 Å². The van der Waals surface area contributed by atoms with Crippen LogP contribution in [0.3, 0.4) is 0 Å². The fraction of sp³-hybridized carbons (Fsp3) is 0.417. The van der Waals surface area contributed by atoms with E-state index < -0.39 is 17.6 Å². The molecule has 0 fully saturated rings. The fourth-order valence-corrected chi connectivity index (χ4v) is 1.91. The quantitative estimate of drug-likeness (QED) is 0.744. The Hall–Kier alpha value is -0.560. The van der Waals surface area contributed by atoms with Crippen LogP contribution in [0.15, 0.2) is 22.7 Å². The number of hydrogen-bond acceptors (Lipinski definition) is 1. The zero-order chi connectivity index (χ0) is 14.6. The minimum Gasteiger partial charge on any atom is -0.351 e. The number of carbonyl (C=O) groups is 1. The molecule has 0 saturated carbocycles. The molecule has 0 heterocycles. The lowest BCUT2D eigenvalue weighted by Crippen LogP contribution is -2.29. The summed E-state index contributed by atoms with van der Waals surface area (Å²) in [5.74, 6) is -0.532. The number of halogens is 5. The number of benzene rings is 1. The predicted molar refractivity (Wildman–Crippen MR) is 74.5 cm³/mol. The Balaban J connectivity index is 2.90. The fourth-order valence-electron chi connectivity index (χ4n) is 1.32. The van der Waals surface area contributed by atoms with Gasteiger partial charge in [0.25, 0.3) is 5.91 Å². The summed E-state index contributed by atoms with van der Waals surface area (Å²) >= 11 is 6.42. The molecule has 0 spiro atoms. The summed E-state index contributed by atoms with van der Waals surface area (Å²) in [6.07, 6.45) is -3.65.